The molecule has 1 aromatic carbocycles. The van der Waals surface area contributed by atoms with E-state index >= 15 is 0 Å². The summed E-state index contributed by atoms with van der Waals surface area (Å²) >= 11 is 1.22. The van der Waals surface area contributed by atoms with Crippen LogP contribution in [-0.4, -0.2) is 22.1 Å². The maximum Gasteiger partial charge on any atom is 0.278 e. The molecule has 0 aliphatic carbocycles. The number of para-hydroxylation sites is 2. The summed E-state index contributed by atoms with van der Waals surface area (Å²) < 4.78 is 16.9. The van der Waals surface area contributed by atoms with Gasteiger partial charge in [-0.15, -0.1) is 10.2 Å². The molecular formula is C13H11N3O3S. The van der Waals surface area contributed by atoms with Gasteiger partial charge < -0.3 is 13.9 Å². The van der Waals surface area contributed by atoms with Gasteiger partial charge in [0.25, 0.3) is 11.1 Å². The molecular weight excluding hydrogens is 278 g/mol. The van der Waals surface area contributed by atoms with Gasteiger partial charge in [-0.25, -0.2) is 0 Å². The predicted molar refractivity (Wildman–Crippen MR) is 70.5 cm³/mol. The standard InChI is InChI=1S/C13H11N3O3S/c1-8(6-14)20-13-16-15-12(19-13)11-7-17-9-4-2-3-5-10(9)18-11/h2-5,8,11H,7H2,1H3. The molecule has 0 radical (unpaired) electrons. The second kappa shape index (κ2) is 5.43. The molecule has 2 heterocycles. The third kappa shape index (κ3) is 2.56. The molecule has 7 heteroatoms. The Labute approximate surface area is 119 Å². The fourth-order valence-electron chi connectivity index (χ4n) is 1.72. The largest absolute Gasteiger partial charge is 0.485 e. The van der Waals surface area contributed by atoms with Crippen molar-refractivity contribution in [2.24, 2.45) is 0 Å². The maximum absolute atomic E-state index is 8.76. The van der Waals surface area contributed by atoms with Gasteiger partial charge in [0, 0.05) is 0 Å². The molecule has 20 heavy (non-hydrogen) atoms. The fraction of sp³-hybridized carbons (Fsp3) is 0.308. The minimum atomic E-state index is -0.427. The van der Waals surface area contributed by atoms with Crippen molar-refractivity contribution in [3.05, 3.63) is 30.2 Å². The zero-order valence-electron chi connectivity index (χ0n) is 10.6. The smallest absolute Gasteiger partial charge is 0.278 e. The van der Waals surface area contributed by atoms with Gasteiger partial charge in [-0.3, -0.25) is 0 Å². The lowest BCUT2D eigenvalue weighted by atomic mass is 10.2. The van der Waals surface area contributed by atoms with Crippen LogP contribution in [0.1, 0.15) is 18.9 Å². The van der Waals surface area contributed by atoms with Crippen molar-refractivity contribution in [3.8, 4) is 17.6 Å². The van der Waals surface area contributed by atoms with Crippen LogP contribution in [0, 0.1) is 11.3 Å². The molecule has 6 nitrogen and oxygen atoms in total. The summed E-state index contributed by atoms with van der Waals surface area (Å²) in [7, 11) is 0. The Bertz CT molecular complexity index is 652. The van der Waals surface area contributed by atoms with Crippen LogP contribution < -0.4 is 9.47 Å². The first-order valence-corrected chi connectivity index (χ1v) is 6.92. The van der Waals surface area contributed by atoms with Crippen molar-refractivity contribution in [1.29, 1.82) is 5.26 Å². The lowest BCUT2D eigenvalue weighted by molar-refractivity contribution is 0.0686. The number of benzene rings is 1. The minimum Gasteiger partial charge on any atom is -0.485 e. The zero-order valence-corrected chi connectivity index (χ0v) is 11.5. The van der Waals surface area contributed by atoms with E-state index in [1.54, 1.807) is 6.92 Å². The molecule has 0 fully saturated rings. The molecule has 2 atom stereocenters. The van der Waals surface area contributed by atoms with Crippen LogP contribution in [0.4, 0.5) is 0 Å². The Balaban J connectivity index is 1.74. The first-order chi connectivity index (χ1) is 9.76. The number of ether oxygens (including phenoxy) is 2. The van der Waals surface area contributed by atoms with Gasteiger partial charge >= 0.3 is 0 Å². The van der Waals surface area contributed by atoms with E-state index in [1.165, 1.54) is 11.8 Å². The molecule has 0 saturated heterocycles. The van der Waals surface area contributed by atoms with Gasteiger partial charge in [-0.1, -0.05) is 12.1 Å². The van der Waals surface area contributed by atoms with Crippen molar-refractivity contribution < 1.29 is 13.9 Å². The predicted octanol–water partition coefficient (Wildman–Crippen LogP) is 2.59. The fourth-order valence-corrected chi connectivity index (χ4v) is 2.29. The summed E-state index contributed by atoms with van der Waals surface area (Å²) in [6, 6.07) is 9.51. The second-order valence-electron chi connectivity index (χ2n) is 4.16. The SMILES string of the molecule is CC(C#N)Sc1nnc(C2COc3ccccc3O2)o1. The van der Waals surface area contributed by atoms with Gasteiger partial charge in [0.2, 0.25) is 6.10 Å². The summed E-state index contributed by atoms with van der Waals surface area (Å²) in [4.78, 5) is 0. The van der Waals surface area contributed by atoms with Gasteiger partial charge in [0.05, 0.1) is 11.3 Å². The minimum absolute atomic E-state index is 0.243. The Kier molecular flexibility index (Phi) is 3.48. The topological polar surface area (TPSA) is 81.2 Å². The quantitative estimate of drug-likeness (QED) is 0.803. The van der Waals surface area contributed by atoms with E-state index in [0.717, 1.165) is 0 Å². The third-order valence-electron chi connectivity index (χ3n) is 2.67. The van der Waals surface area contributed by atoms with E-state index in [4.69, 9.17) is 19.2 Å². The van der Waals surface area contributed by atoms with Gasteiger partial charge in [0.15, 0.2) is 11.5 Å². The summed E-state index contributed by atoms with van der Waals surface area (Å²) in [6.45, 7) is 2.09. The highest BCUT2D eigenvalue weighted by atomic mass is 32.2. The van der Waals surface area contributed by atoms with Gasteiger partial charge in [-0.05, 0) is 30.8 Å². The van der Waals surface area contributed by atoms with Crippen molar-refractivity contribution in [1.82, 2.24) is 10.2 Å². The first-order valence-electron chi connectivity index (χ1n) is 6.04. The molecule has 2 aromatic rings. The number of hydrogen-bond acceptors (Lipinski definition) is 7. The van der Waals surface area contributed by atoms with Crippen LogP contribution in [0.3, 0.4) is 0 Å². The Morgan fingerprint density at radius 1 is 1.35 bits per heavy atom. The van der Waals surface area contributed by atoms with E-state index in [-0.39, 0.29) is 5.25 Å². The number of hydrogen-bond donors (Lipinski definition) is 0. The van der Waals surface area contributed by atoms with E-state index in [0.29, 0.717) is 29.2 Å². The van der Waals surface area contributed by atoms with Crippen LogP contribution in [-0.2, 0) is 0 Å². The molecule has 0 saturated carbocycles. The number of rotatable bonds is 3. The van der Waals surface area contributed by atoms with Crippen molar-refractivity contribution in [2.45, 2.75) is 23.5 Å². The molecule has 0 amide bonds. The summed E-state index contributed by atoms with van der Waals surface area (Å²) in [6.07, 6.45) is -0.427. The highest BCUT2D eigenvalue weighted by Crippen LogP contribution is 2.36. The number of fused-ring (bicyclic) bond motifs is 1. The average molecular weight is 289 g/mol. The average Bonchev–Trinajstić information content (AvgIpc) is 2.95. The molecule has 0 spiro atoms. The summed E-state index contributed by atoms with van der Waals surface area (Å²) in [5.74, 6) is 1.71. The lowest BCUT2D eigenvalue weighted by Gasteiger charge is -2.23. The normalized spacial score (nSPS) is 18.3. The monoisotopic (exact) mass is 289 g/mol. The molecule has 1 aliphatic rings. The number of thioether (sulfide) groups is 1. The van der Waals surface area contributed by atoms with Crippen LogP contribution in [0.2, 0.25) is 0 Å². The molecule has 0 N–H and O–H groups in total. The number of nitriles is 1. The number of aromatic nitrogens is 2. The lowest BCUT2D eigenvalue weighted by Crippen LogP contribution is -2.21. The molecule has 102 valence electrons. The molecule has 1 aliphatic heterocycles. The van der Waals surface area contributed by atoms with E-state index in [9.17, 15) is 0 Å². The van der Waals surface area contributed by atoms with Gasteiger partial charge in [-0.2, -0.15) is 5.26 Å². The van der Waals surface area contributed by atoms with Crippen molar-refractivity contribution in [3.63, 3.8) is 0 Å². The summed E-state index contributed by atoms with van der Waals surface area (Å²) in [5, 5.41) is 16.7. The van der Waals surface area contributed by atoms with E-state index < -0.39 is 6.10 Å². The highest BCUT2D eigenvalue weighted by Gasteiger charge is 2.27. The van der Waals surface area contributed by atoms with E-state index in [2.05, 4.69) is 16.3 Å². The van der Waals surface area contributed by atoms with E-state index in [1.807, 2.05) is 24.3 Å². The van der Waals surface area contributed by atoms with Crippen LogP contribution in [0.25, 0.3) is 0 Å². The highest BCUT2D eigenvalue weighted by molar-refractivity contribution is 7.99. The van der Waals surface area contributed by atoms with Crippen LogP contribution in [0.15, 0.2) is 33.9 Å². The Hall–Kier alpha value is -2.20. The Morgan fingerprint density at radius 3 is 2.95 bits per heavy atom. The first kappa shape index (κ1) is 12.8. The second-order valence-corrected chi connectivity index (χ2v) is 5.45. The third-order valence-corrected chi connectivity index (χ3v) is 3.49. The van der Waals surface area contributed by atoms with Crippen LogP contribution in [0.5, 0.6) is 11.5 Å². The van der Waals surface area contributed by atoms with Crippen molar-refractivity contribution >= 4 is 11.8 Å². The number of nitrogens with zero attached hydrogens (tertiary/aromatic N) is 3. The van der Waals surface area contributed by atoms with Crippen molar-refractivity contribution in [2.75, 3.05) is 6.61 Å². The molecule has 3 rings (SSSR count). The molecule has 2 unspecified atom stereocenters. The van der Waals surface area contributed by atoms with Crippen LogP contribution >= 0.6 is 11.8 Å². The summed E-state index contributed by atoms with van der Waals surface area (Å²) in [5.41, 5.74) is 0. The zero-order chi connectivity index (χ0) is 13.9. The molecule has 0 bridgehead atoms. The Morgan fingerprint density at radius 2 is 2.15 bits per heavy atom. The van der Waals surface area contributed by atoms with Gasteiger partial charge in [0.1, 0.15) is 6.61 Å². The molecule has 1 aromatic heterocycles. The maximum atomic E-state index is 8.76.